The molecule has 0 radical (unpaired) electrons. The van der Waals surface area contributed by atoms with E-state index in [2.05, 4.69) is 10.2 Å². The summed E-state index contributed by atoms with van der Waals surface area (Å²) in [7, 11) is -3.20. The van der Waals surface area contributed by atoms with Crippen LogP contribution in [0, 0.1) is 0 Å². The van der Waals surface area contributed by atoms with Gasteiger partial charge < -0.3 is 19.7 Å². The second-order valence-electron chi connectivity index (χ2n) is 9.17. The first-order valence-corrected chi connectivity index (χ1v) is 12.7. The van der Waals surface area contributed by atoms with E-state index in [9.17, 15) is 13.2 Å². The normalized spacial score (nSPS) is 19.3. The van der Waals surface area contributed by atoms with Crippen LogP contribution in [0.25, 0.3) is 0 Å². The largest absolute Gasteiger partial charge is 0.489 e. The number of carbonyl (C=O) groups is 1. The van der Waals surface area contributed by atoms with Gasteiger partial charge >= 0.3 is 6.09 Å². The van der Waals surface area contributed by atoms with Gasteiger partial charge in [-0.05, 0) is 50.6 Å². The quantitative estimate of drug-likeness (QED) is 0.706. The Hall–Kier alpha value is -2.74. The van der Waals surface area contributed by atoms with Gasteiger partial charge in [0.05, 0.1) is 11.8 Å². The third-order valence-corrected chi connectivity index (χ3v) is 6.72. The molecule has 2 atom stereocenters. The Morgan fingerprint density at radius 3 is 2.31 bits per heavy atom. The van der Waals surface area contributed by atoms with Crippen molar-refractivity contribution in [2.75, 3.05) is 24.2 Å². The van der Waals surface area contributed by atoms with Gasteiger partial charge in [0.1, 0.15) is 17.5 Å². The van der Waals surface area contributed by atoms with Gasteiger partial charge in [0.2, 0.25) is 0 Å². The first-order valence-electron chi connectivity index (χ1n) is 10.7. The van der Waals surface area contributed by atoms with E-state index in [0.717, 1.165) is 11.3 Å². The van der Waals surface area contributed by atoms with Crippen molar-refractivity contribution in [1.29, 1.82) is 0 Å². The fourth-order valence-corrected chi connectivity index (χ4v) is 4.64. The molecule has 1 saturated heterocycles. The summed E-state index contributed by atoms with van der Waals surface area (Å²) in [5.41, 5.74) is 1.35. The summed E-state index contributed by atoms with van der Waals surface area (Å²) in [5.74, 6) is 0.665. The minimum atomic E-state index is -3.20. The van der Waals surface area contributed by atoms with E-state index in [4.69, 9.17) is 9.47 Å². The van der Waals surface area contributed by atoms with Crippen LogP contribution >= 0.6 is 0 Å². The van der Waals surface area contributed by atoms with Crippen LogP contribution in [-0.2, 0) is 21.1 Å². The highest BCUT2D eigenvalue weighted by molar-refractivity contribution is 7.91. The first-order chi connectivity index (χ1) is 15.0. The molecule has 0 saturated carbocycles. The average molecular weight is 461 g/mol. The fourth-order valence-electron chi connectivity index (χ4n) is 3.62. The smallest absolute Gasteiger partial charge is 0.407 e. The molecule has 32 heavy (non-hydrogen) atoms. The number of amides is 1. The Morgan fingerprint density at radius 1 is 1.06 bits per heavy atom. The lowest BCUT2D eigenvalue weighted by Gasteiger charge is -2.38. The molecule has 3 rings (SSSR count). The number of ether oxygens (including phenoxy) is 2. The van der Waals surface area contributed by atoms with Crippen molar-refractivity contribution in [3.63, 3.8) is 0 Å². The van der Waals surface area contributed by atoms with Crippen LogP contribution in [0.2, 0.25) is 0 Å². The molecule has 2 aromatic carbocycles. The van der Waals surface area contributed by atoms with E-state index in [0.29, 0.717) is 31.8 Å². The molecule has 174 valence electrons. The number of nitrogens with zero attached hydrogens (tertiary/aromatic N) is 1. The Kier molecular flexibility index (Phi) is 7.33. The van der Waals surface area contributed by atoms with Crippen molar-refractivity contribution >= 4 is 21.6 Å². The van der Waals surface area contributed by atoms with Crippen molar-refractivity contribution in [3.8, 4) is 5.75 Å². The molecule has 1 heterocycles. The maximum absolute atomic E-state index is 12.3. The Balaban J connectivity index is 1.63. The van der Waals surface area contributed by atoms with Crippen LogP contribution in [0.3, 0.4) is 0 Å². The number of para-hydroxylation sites is 1. The number of benzene rings is 2. The fraction of sp³-hybridized carbons (Fsp3) is 0.458. The number of alkyl carbamates (subject to hydrolysis) is 1. The van der Waals surface area contributed by atoms with Gasteiger partial charge in [-0.25, -0.2) is 13.2 Å². The summed E-state index contributed by atoms with van der Waals surface area (Å²) in [6.45, 7) is 6.86. The summed E-state index contributed by atoms with van der Waals surface area (Å²) >= 11 is 0. The highest BCUT2D eigenvalue weighted by Crippen LogP contribution is 2.26. The van der Waals surface area contributed by atoms with Gasteiger partial charge in [-0.15, -0.1) is 0 Å². The predicted octanol–water partition coefficient (Wildman–Crippen LogP) is 3.78. The molecule has 1 amide bonds. The third kappa shape index (κ3) is 7.15. The minimum absolute atomic E-state index is 0.255. The summed E-state index contributed by atoms with van der Waals surface area (Å²) in [6, 6.07) is 17.2. The predicted molar refractivity (Wildman–Crippen MR) is 126 cm³/mol. The summed E-state index contributed by atoms with van der Waals surface area (Å²) in [4.78, 5) is 13.9. The second-order valence-corrected chi connectivity index (χ2v) is 11.5. The molecular weight excluding hydrogens is 428 g/mol. The first kappa shape index (κ1) is 23.9. The maximum atomic E-state index is 12.3. The van der Waals surface area contributed by atoms with Gasteiger partial charge in [-0.3, -0.25) is 0 Å². The number of sulfone groups is 1. The molecule has 7 nitrogen and oxygen atoms in total. The van der Waals surface area contributed by atoms with E-state index in [1.54, 1.807) is 0 Å². The van der Waals surface area contributed by atoms with Crippen molar-refractivity contribution < 1.29 is 22.7 Å². The number of carbonyl (C=O) groups excluding carboxylic acids is 1. The molecule has 0 spiro atoms. The molecular formula is C24H32N2O5S. The highest BCUT2D eigenvalue weighted by Gasteiger charge is 2.34. The standard InChI is InChI=1S/C24H32N2O5S/c1-24(2,3)31-23(27)25-15-18-10-12-20(13-11-18)30-21-14-22(32(4,28)29)17-26(16-21)19-8-6-5-7-9-19/h5-13,21-22H,14-17H2,1-4H3,(H,25,27)/t21-,22+/m0/s1. The third-order valence-electron chi connectivity index (χ3n) is 5.16. The number of nitrogens with one attached hydrogen (secondary N) is 1. The summed E-state index contributed by atoms with van der Waals surface area (Å²) in [5, 5.41) is 2.24. The zero-order valence-electron chi connectivity index (χ0n) is 19.1. The molecule has 0 aromatic heterocycles. The second kappa shape index (κ2) is 9.81. The number of rotatable bonds is 6. The van der Waals surface area contributed by atoms with E-state index >= 15 is 0 Å². The molecule has 8 heteroatoms. The van der Waals surface area contributed by atoms with Crippen molar-refractivity contribution in [2.24, 2.45) is 0 Å². The van der Waals surface area contributed by atoms with Gasteiger partial charge in [0, 0.05) is 31.5 Å². The van der Waals surface area contributed by atoms with Gasteiger partial charge in [-0.2, -0.15) is 0 Å². The average Bonchev–Trinajstić information content (AvgIpc) is 2.72. The Labute approximate surface area is 190 Å². The van der Waals surface area contributed by atoms with Crippen molar-refractivity contribution in [2.45, 2.75) is 50.7 Å². The Bertz CT molecular complexity index is 1000. The molecule has 1 fully saturated rings. The zero-order chi connectivity index (χ0) is 23.4. The van der Waals surface area contributed by atoms with E-state index in [-0.39, 0.29) is 6.10 Å². The Morgan fingerprint density at radius 2 is 1.72 bits per heavy atom. The van der Waals surface area contributed by atoms with Gasteiger partial charge in [-0.1, -0.05) is 30.3 Å². The van der Waals surface area contributed by atoms with Crippen LogP contribution < -0.4 is 15.0 Å². The molecule has 0 aliphatic carbocycles. The molecule has 0 bridgehead atoms. The van der Waals surface area contributed by atoms with Crippen molar-refractivity contribution in [3.05, 3.63) is 60.2 Å². The van der Waals surface area contributed by atoms with E-state index < -0.39 is 26.8 Å². The molecule has 1 aliphatic heterocycles. The highest BCUT2D eigenvalue weighted by atomic mass is 32.2. The number of hydrogen-bond donors (Lipinski definition) is 1. The van der Waals surface area contributed by atoms with Crippen LogP contribution in [0.5, 0.6) is 5.75 Å². The number of hydrogen-bond acceptors (Lipinski definition) is 6. The van der Waals surface area contributed by atoms with Crippen LogP contribution in [-0.4, -0.2) is 50.8 Å². The van der Waals surface area contributed by atoms with E-state index in [1.165, 1.54) is 6.26 Å². The minimum Gasteiger partial charge on any atom is -0.489 e. The monoisotopic (exact) mass is 460 g/mol. The van der Waals surface area contributed by atoms with Gasteiger partial charge in [0.25, 0.3) is 0 Å². The van der Waals surface area contributed by atoms with Crippen LogP contribution in [0.4, 0.5) is 10.5 Å². The molecule has 1 N–H and O–H groups in total. The zero-order valence-corrected chi connectivity index (χ0v) is 19.9. The van der Waals surface area contributed by atoms with Crippen LogP contribution in [0.1, 0.15) is 32.8 Å². The lowest BCUT2D eigenvalue weighted by molar-refractivity contribution is 0.0523. The molecule has 1 aliphatic rings. The molecule has 2 aromatic rings. The summed E-state index contributed by atoms with van der Waals surface area (Å²) < 4.78 is 36.0. The SMILES string of the molecule is CC(C)(C)OC(=O)NCc1ccc(O[C@H]2C[C@@H](S(C)(=O)=O)CN(c3ccccc3)C2)cc1. The maximum Gasteiger partial charge on any atom is 0.407 e. The van der Waals surface area contributed by atoms with Crippen molar-refractivity contribution in [1.82, 2.24) is 5.32 Å². The van der Waals surface area contributed by atoms with Crippen LogP contribution in [0.15, 0.2) is 54.6 Å². The summed E-state index contributed by atoms with van der Waals surface area (Å²) in [6.07, 6.45) is 1.02. The lowest BCUT2D eigenvalue weighted by atomic mass is 10.1. The van der Waals surface area contributed by atoms with E-state index in [1.807, 2.05) is 75.4 Å². The molecule has 0 unspecified atom stereocenters. The topological polar surface area (TPSA) is 84.9 Å². The number of anilines is 1. The van der Waals surface area contributed by atoms with Gasteiger partial charge in [0.15, 0.2) is 9.84 Å². The number of piperidine rings is 1. The lowest BCUT2D eigenvalue weighted by Crippen LogP contribution is -2.50.